The maximum atomic E-state index is 13.1. The summed E-state index contributed by atoms with van der Waals surface area (Å²) in [5, 5.41) is 19.0. The molecule has 9 nitrogen and oxygen atoms in total. The molecular formula is C25H49N5O4. The molecule has 1 rings (SSSR count). The summed E-state index contributed by atoms with van der Waals surface area (Å²) < 4.78 is 0. The lowest BCUT2D eigenvalue weighted by atomic mass is 9.97. The summed E-state index contributed by atoms with van der Waals surface area (Å²) >= 11 is 0. The Morgan fingerprint density at radius 1 is 1.06 bits per heavy atom. The number of hydrogen-bond acceptors (Lipinski definition) is 7. The fourth-order valence-electron chi connectivity index (χ4n) is 4.29. The van der Waals surface area contributed by atoms with E-state index >= 15 is 0 Å². The lowest BCUT2D eigenvalue weighted by molar-refractivity contribution is -0.136. The van der Waals surface area contributed by atoms with E-state index in [1.807, 2.05) is 0 Å². The molecule has 6 N–H and O–H groups in total. The van der Waals surface area contributed by atoms with E-state index in [4.69, 9.17) is 5.73 Å². The third-order valence-electron chi connectivity index (χ3n) is 6.44. The Labute approximate surface area is 206 Å². The van der Waals surface area contributed by atoms with Gasteiger partial charge >= 0.3 is 0 Å². The molecule has 2 amide bonds. The summed E-state index contributed by atoms with van der Waals surface area (Å²) in [5.74, 6) is -1.16. The van der Waals surface area contributed by atoms with Crippen molar-refractivity contribution in [2.24, 2.45) is 11.7 Å². The number of Topliss-reactive ketones (excluding diaryl/α,β-unsaturated/α-hetero) is 1. The van der Waals surface area contributed by atoms with Crippen molar-refractivity contribution in [3.8, 4) is 0 Å². The van der Waals surface area contributed by atoms with E-state index < -0.39 is 30.1 Å². The smallest absolute Gasteiger partial charge is 0.245 e. The minimum absolute atomic E-state index is 0.0842. The van der Waals surface area contributed by atoms with Crippen LogP contribution in [0.5, 0.6) is 0 Å². The number of aliphatic hydroxyl groups is 1. The predicted molar refractivity (Wildman–Crippen MR) is 135 cm³/mol. The molecule has 198 valence electrons. The number of ketones is 1. The highest BCUT2D eigenvalue weighted by Crippen LogP contribution is 2.11. The van der Waals surface area contributed by atoms with Crippen LogP contribution in [0.2, 0.25) is 0 Å². The minimum Gasteiger partial charge on any atom is -0.391 e. The van der Waals surface area contributed by atoms with E-state index in [-0.39, 0.29) is 17.6 Å². The van der Waals surface area contributed by atoms with Crippen molar-refractivity contribution in [3.05, 3.63) is 0 Å². The molecule has 0 bridgehead atoms. The average Bonchev–Trinajstić information content (AvgIpc) is 2.81. The number of nitrogens with one attached hydrogen (secondary N) is 3. The lowest BCUT2D eigenvalue weighted by Gasteiger charge is -2.36. The Bertz CT molecular complexity index is 614. The minimum atomic E-state index is -1.13. The summed E-state index contributed by atoms with van der Waals surface area (Å²) in [7, 11) is 0. The summed E-state index contributed by atoms with van der Waals surface area (Å²) in [6.07, 6.45) is 7.04. The second-order valence-corrected chi connectivity index (χ2v) is 9.80. The largest absolute Gasteiger partial charge is 0.391 e. The third kappa shape index (κ3) is 10.8. The van der Waals surface area contributed by atoms with E-state index in [0.717, 1.165) is 32.5 Å². The molecule has 0 aromatic carbocycles. The Kier molecular flexibility index (Phi) is 15.2. The summed E-state index contributed by atoms with van der Waals surface area (Å²) in [6.45, 7) is 10.6. The fraction of sp³-hybridized carbons (Fsp3) is 0.880. The van der Waals surface area contributed by atoms with Gasteiger partial charge < -0.3 is 26.8 Å². The fourth-order valence-corrected chi connectivity index (χ4v) is 4.29. The Hall–Kier alpha value is -1.55. The van der Waals surface area contributed by atoms with Gasteiger partial charge in [-0.15, -0.1) is 0 Å². The Morgan fingerprint density at radius 3 is 2.35 bits per heavy atom. The van der Waals surface area contributed by atoms with Gasteiger partial charge in [0.1, 0.15) is 12.1 Å². The van der Waals surface area contributed by atoms with E-state index in [9.17, 15) is 19.5 Å². The number of hydrogen-bond donors (Lipinski definition) is 5. The van der Waals surface area contributed by atoms with Crippen molar-refractivity contribution in [3.63, 3.8) is 0 Å². The molecule has 1 heterocycles. The third-order valence-corrected chi connectivity index (χ3v) is 6.44. The quantitative estimate of drug-likeness (QED) is 0.194. The number of nitrogens with two attached hydrogens (primary N) is 1. The van der Waals surface area contributed by atoms with Crippen LogP contribution in [0, 0.1) is 5.92 Å². The van der Waals surface area contributed by atoms with Gasteiger partial charge in [0.05, 0.1) is 12.1 Å². The first-order chi connectivity index (χ1) is 16.2. The summed E-state index contributed by atoms with van der Waals surface area (Å²) in [6, 6.07) is -2.22. The molecular weight excluding hydrogens is 434 g/mol. The van der Waals surface area contributed by atoms with Gasteiger partial charge in [-0.1, -0.05) is 52.9 Å². The molecule has 0 saturated carbocycles. The second-order valence-electron chi connectivity index (χ2n) is 9.80. The zero-order chi connectivity index (χ0) is 25.5. The average molecular weight is 484 g/mol. The van der Waals surface area contributed by atoms with Gasteiger partial charge in [-0.2, -0.15) is 0 Å². The molecule has 4 atom stereocenters. The van der Waals surface area contributed by atoms with Gasteiger partial charge in [-0.25, -0.2) is 0 Å². The van der Waals surface area contributed by atoms with Crippen molar-refractivity contribution in [2.75, 3.05) is 32.7 Å². The molecule has 1 saturated heterocycles. The molecule has 1 aliphatic rings. The number of amides is 2. The zero-order valence-corrected chi connectivity index (χ0v) is 21.8. The van der Waals surface area contributed by atoms with Gasteiger partial charge in [-0.3, -0.25) is 19.3 Å². The van der Waals surface area contributed by atoms with E-state index in [1.54, 1.807) is 13.8 Å². The molecule has 1 fully saturated rings. The van der Waals surface area contributed by atoms with E-state index in [2.05, 4.69) is 27.8 Å². The van der Waals surface area contributed by atoms with Crippen LogP contribution < -0.4 is 21.7 Å². The standard InChI is InChI=1S/C25H49N5O4/c1-5-6-7-8-9-10-15-30-16-14-27-17-21(30)24(33)29-22(19(4)31)25(34)28-20(12-11-13-26)23(32)18(2)3/h18-22,27,31H,5-17,26H2,1-4H3,(H,28,34)(H,29,33)/t19?,20-,21-,22-/m0/s1. The molecule has 0 aliphatic carbocycles. The van der Waals surface area contributed by atoms with Crippen molar-refractivity contribution in [1.82, 2.24) is 20.9 Å². The number of carbonyl (C=O) groups excluding carboxylic acids is 3. The van der Waals surface area contributed by atoms with Crippen LogP contribution >= 0.6 is 0 Å². The van der Waals surface area contributed by atoms with Crippen LogP contribution in [-0.2, 0) is 14.4 Å². The molecule has 0 spiro atoms. The SMILES string of the molecule is CCCCCCCCN1CCNC[C@H]1C(=O)N[C@H](C(=O)N[C@@H](CCCN)C(=O)C(C)C)C(C)O. The van der Waals surface area contributed by atoms with Gasteiger partial charge in [0, 0.05) is 25.6 Å². The molecule has 0 aromatic heterocycles. The maximum absolute atomic E-state index is 13.1. The first kappa shape index (κ1) is 30.5. The van der Waals surface area contributed by atoms with Crippen LogP contribution in [0.3, 0.4) is 0 Å². The van der Waals surface area contributed by atoms with Gasteiger partial charge in [0.2, 0.25) is 11.8 Å². The van der Waals surface area contributed by atoms with Crippen LogP contribution in [0.25, 0.3) is 0 Å². The van der Waals surface area contributed by atoms with Gasteiger partial charge in [-0.05, 0) is 39.3 Å². The molecule has 0 radical (unpaired) electrons. The topological polar surface area (TPSA) is 137 Å². The lowest BCUT2D eigenvalue weighted by Crippen LogP contribution is -2.62. The molecule has 34 heavy (non-hydrogen) atoms. The number of aliphatic hydroxyl groups excluding tert-OH is 1. The molecule has 0 aromatic rings. The monoisotopic (exact) mass is 483 g/mol. The van der Waals surface area contributed by atoms with Crippen LogP contribution in [0.1, 0.15) is 79.1 Å². The van der Waals surface area contributed by atoms with Crippen molar-refractivity contribution >= 4 is 17.6 Å². The van der Waals surface area contributed by atoms with Gasteiger partial charge in [0.25, 0.3) is 0 Å². The van der Waals surface area contributed by atoms with Crippen LogP contribution in [0.4, 0.5) is 0 Å². The van der Waals surface area contributed by atoms with Crippen molar-refractivity contribution in [2.45, 2.75) is 103 Å². The molecule has 9 heteroatoms. The number of carbonyl (C=O) groups is 3. The molecule has 1 aliphatic heterocycles. The van der Waals surface area contributed by atoms with Gasteiger partial charge in [0.15, 0.2) is 5.78 Å². The Balaban J connectivity index is 2.74. The second kappa shape index (κ2) is 17.0. The number of nitrogens with zero attached hydrogens (tertiary/aromatic N) is 1. The number of unbranched alkanes of at least 4 members (excludes halogenated alkanes) is 5. The van der Waals surface area contributed by atoms with Crippen molar-refractivity contribution < 1.29 is 19.5 Å². The first-order valence-corrected chi connectivity index (χ1v) is 13.2. The van der Waals surface area contributed by atoms with Crippen LogP contribution in [-0.4, -0.2) is 84.6 Å². The highest BCUT2D eigenvalue weighted by molar-refractivity contribution is 5.94. The van der Waals surface area contributed by atoms with Crippen LogP contribution in [0.15, 0.2) is 0 Å². The first-order valence-electron chi connectivity index (χ1n) is 13.2. The maximum Gasteiger partial charge on any atom is 0.245 e. The highest BCUT2D eigenvalue weighted by atomic mass is 16.3. The Morgan fingerprint density at radius 2 is 1.74 bits per heavy atom. The molecule has 1 unspecified atom stereocenters. The van der Waals surface area contributed by atoms with E-state index in [0.29, 0.717) is 25.9 Å². The summed E-state index contributed by atoms with van der Waals surface area (Å²) in [5.41, 5.74) is 5.59. The zero-order valence-electron chi connectivity index (χ0n) is 21.8. The van der Waals surface area contributed by atoms with E-state index in [1.165, 1.54) is 32.6 Å². The predicted octanol–water partition coefficient (Wildman–Crippen LogP) is 0.935. The number of rotatable bonds is 17. The normalized spacial score (nSPS) is 19.4. The highest BCUT2D eigenvalue weighted by Gasteiger charge is 2.34. The summed E-state index contributed by atoms with van der Waals surface area (Å²) in [4.78, 5) is 40.8. The van der Waals surface area contributed by atoms with Crippen molar-refractivity contribution in [1.29, 1.82) is 0 Å². The number of piperazine rings is 1.